The number of hydrogen-bond acceptors (Lipinski definition) is 3. The van der Waals surface area contributed by atoms with Crippen molar-refractivity contribution < 1.29 is 14.1 Å². The topological polar surface area (TPSA) is 78.4 Å². The lowest BCUT2D eigenvalue weighted by Crippen LogP contribution is -2.43. The van der Waals surface area contributed by atoms with E-state index < -0.39 is 10.8 Å². The van der Waals surface area contributed by atoms with Crippen LogP contribution in [0.25, 0.3) is 0 Å². The average Bonchev–Trinajstić information content (AvgIpc) is 2.55. The Morgan fingerprint density at radius 2 is 1.91 bits per heavy atom. The molecule has 6 heteroatoms. The summed E-state index contributed by atoms with van der Waals surface area (Å²) in [4.78, 5) is 12.9. The fraction of sp³-hybridized carbons (Fsp3) is 0.588. The summed E-state index contributed by atoms with van der Waals surface area (Å²) in [5.41, 5.74) is 0.670. The van der Waals surface area contributed by atoms with Gasteiger partial charge in [-0.2, -0.15) is 0 Å². The predicted octanol–water partition coefficient (Wildman–Crippen LogP) is 2.88. The number of aliphatic hydroxyl groups is 1. The van der Waals surface area contributed by atoms with Crippen molar-refractivity contribution in [3.63, 3.8) is 0 Å². The Kier molecular flexibility index (Phi) is 7.05. The molecule has 1 aliphatic carbocycles. The van der Waals surface area contributed by atoms with Crippen molar-refractivity contribution >= 4 is 22.5 Å². The Balaban J connectivity index is 1.91. The SMILES string of the molecule is CS(=O)c1ccc(NC(=O)NC(CCO)C2CCCCC2)cc1. The molecule has 0 spiro atoms. The molecule has 5 nitrogen and oxygen atoms in total. The smallest absolute Gasteiger partial charge is 0.319 e. The van der Waals surface area contributed by atoms with Crippen molar-refractivity contribution in [3.8, 4) is 0 Å². The zero-order valence-corrected chi connectivity index (χ0v) is 14.4. The molecule has 2 unspecified atom stereocenters. The van der Waals surface area contributed by atoms with Crippen LogP contribution in [-0.4, -0.2) is 34.3 Å². The van der Waals surface area contributed by atoms with Crippen LogP contribution in [0.4, 0.5) is 10.5 Å². The molecule has 1 aliphatic rings. The van der Waals surface area contributed by atoms with Gasteiger partial charge in [-0.05, 0) is 49.4 Å². The van der Waals surface area contributed by atoms with Crippen LogP contribution >= 0.6 is 0 Å². The maximum Gasteiger partial charge on any atom is 0.319 e. The van der Waals surface area contributed by atoms with Gasteiger partial charge in [-0.1, -0.05) is 19.3 Å². The van der Waals surface area contributed by atoms with E-state index in [9.17, 15) is 14.1 Å². The zero-order valence-electron chi connectivity index (χ0n) is 13.6. The molecule has 23 heavy (non-hydrogen) atoms. The molecular weight excluding hydrogens is 312 g/mol. The highest BCUT2D eigenvalue weighted by molar-refractivity contribution is 7.84. The fourth-order valence-electron chi connectivity index (χ4n) is 3.17. The van der Waals surface area contributed by atoms with Crippen LogP contribution in [-0.2, 0) is 10.8 Å². The minimum atomic E-state index is -1.02. The molecular formula is C17H26N2O3S. The van der Waals surface area contributed by atoms with E-state index >= 15 is 0 Å². The van der Waals surface area contributed by atoms with Gasteiger partial charge in [0.05, 0.1) is 0 Å². The lowest BCUT2D eigenvalue weighted by atomic mass is 9.83. The Hall–Kier alpha value is -1.40. The first-order valence-electron chi connectivity index (χ1n) is 8.22. The van der Waals surface area contributed by atoms with Gasteiger partial charge in [0.25, 0.3) is 0 Å². The summed E-state index contributed by atoms with van der Waals surface area (Å²) in [5, 5.41) is 15.1. The van der Waals surface area contributed by atoms with Crippen LogP contribution in [0, 0.1) is 5.92 Å². The van der Waals surface area contributed by atoms with E-state index in [1.807, 2.05) is 0 Å². The van der Waals surface area contributed by atoms with Crippen LogP contribution in [0.2, 0.25) is 0 Å². The number of benzene rings is 1. The van der Waals surface area contributed by atoms with Gasteiger partial charge in [-0.25, -0.2) is 4.79 Å². The summed E-state index contributed by atoms with van der Waals surface area (Å²) >= 11 is 0. The summed E-state index contributed by atoms with van der Waals surface area (Å²) in [6.07, 6.45) is 8.10. The van der Waals surface area contributed by atoms with E-state index in [0.29, 0.717) is 18.0 Å². The minimum absolute atomic E-state index is 0.0164. The largest absolute Gasteiger partial charge is 0.396 e. The average molecular weight is 338 g/mol. The van der Waals surface area contributed by atoms with Gasteiger partial charge in [-0.15, -0.1) is 0 Å². The maximum absolute atomic E-state index is 12.2. The van der Waals surface area contributed by atoms with E-state index in [1.165, 1.54) is 19.3 Å². The van der Waals surface area contributed by atoms with Crippen molar-refractivity contribution in [2.75, 3.05) is 18.2 Å². The van der Waals surface area contributed by atoms with Crippen LogP contribution in [0.3, 0.4) is 0 Å². The second-order valence-electron chi connectivity index (χ2n) is 6.09. The van der Waals surface area contributed by atoms with E-state index in [0.717, 1.165) is 17.7 Å². The molecule has 1 aromatic rings. The third-order valence-corrected chi connectivity index (χ3v) is 5.36. The third kappa shape index (κ3) is 5.62. The molecule has 1 saturated carbocycles. The van der Waals surface area contributed by atoms with Gasteiger partial charge in [-0.3, -0.25) is 4.21 Å². The first kappa shape index (κ1) is 17.9. The van der Waals surface area contributed by atoms with Crippen molar-refractivity contribution in [1.82, 2.24) is 5.32 Å². The summed E-state index contributed by atoms with van der Waals surface area (Å²) < 4.78 is 11.4. The van der Waals surface area contributed by atoms with Gasteiger partial charge in [0.1, 0.15) is 0 Å². The second-order valence-corrected chi connectivity index (χ2v) is 7.47. The highest BCUT2D eigenvalue weighted by Gasteiger charge is 2.24. The number of carbonyl (C=O) groups is 1. The summed E-state index contributed by atoms with van der Waals surface area (Å²) in [5.74, 6) is 0.450. The molecule has 0 heterocycles. The van der Waals surface area contributed by atoms with Gasteiger partial charge in [0.15, 0.2) is 0 Å². The van der Waals surface area contributed by atoms with Crippen LogP contribution in [0.5, 0.6) is 0 Å². The van der Waals surface area contributed by atoms with Crippen molar-refractivity contribution in [1.29, 1.82) is 0 Å². The van der Waals surface area contributed by atoms with Crippen molar-refractivity contribution in [3.05, 3.63) is 24.3 Å². The molecule has 0 bridgehead atoms. The second kappa shape index (κ2) is 9.03. The fourth-order valence-corrected chi connectivity index (χ4v) is 3.69. The number of urea groups is 1. The Bertz CT molecular complexity index is 527. The van der Waals surface area contributed by atoms with Crippen molar-refractivity contribution in [2.24, 2.45) is 5.92 Å². The standard InChI is InChI=1S/C17H26N2O3S/c1-23(22)15-9-7-14(8-10-15)18-17(21)19-16(11-12-20)13-5-3-2-4-6-13/h7-10,13,16,20H,2-6,11-12H2,1H3,(H2,18,19,21). The van der Waals surface area contributed by atoms with Crippen LogP contribution in [0.1, 0.15) is 38.5 Å². The molecule has 2 rings (SSSR count). The Labute approximate surface area is 140 Å². The summed E-state index contributed by atoms with van der Waals surface area (Å²) in [6.45, 7) is 0.0818. The van der Waals surface area contributed by atoms with Crippen molar-refractivity contribution in [2.45, 2.75) is 49.5 Å². The van der Waals surface area contributed by atoms with Gasteiger partial charge in [0.2, 0.25) is 0 Å². The lowest BCUT2D eigenvalue weighted by Gasteiger charge is -2.30. The number of carbonyl (C=O) groups excluding carboxylic acids is 1. The Morgan fingerprint density at radius 3 is 2.48 bits per heavy atom. The minimum Gasteiger partial charge on any atom is -0.396 e. The summed E-state index contributed by atoms with van der Waals surface area (Å²) in [6, 6.07) is 6.76. The van der Waals surface area contributed by atoms with E-state index in [-0.39, 0.29) is 18.7 Å². The molecule has 2 atom stereocenters. The van der Waals surface area contributed by atoms with E-state index in [1.54, 1.807) is 30.5 Å². The molecule has 3 N–H and O–H groups in total. The molecule has 0 saturated heterocycles. The number of rotatable bonds is 6. The number of aliphatic hydroxyl groups excluding tert-OH is 1. The van der Waals surface area contributed by atoms with Crippen LogP contribution in [0.15, 0.2) is 29.2 Å². The van der Waals surface area contributed by atoms with Gasteiger partial charge < -0.3 is 15.7 Å². The molecule has 1 aromatic carbocycles. The number of anilines is 1. The number of hydrogen-bond donors (Lipinski definition) is 3. The molecule has 0 aliphatic heterocycles. The first-order valence-corrected chi connectivity index (χ1v) is 9.78. The lowest BCUT2D eigenvalue weighted by molar-refractivity contribution is 0.202. The monoisotopic (exact) mass is 338 g/mol. The number of nitrogens with one attached hydrogen (secondary N) is 2. The Morgan fingerprint density at radius 1 is 1.26 bits per heavy atom. The van der Waals surface area contributed by atoms with Crippen LogP contribution < -0.4 is 10.6 Å². The molecule has 0 aromatic heterocycles. The first-order chi connectivity index (χ1) is 11.1. The third-order valence-electron chi connectivity index (χ3n) is 4.42. The van der Waals surface area contributed by atoms with Gasteiger partial charge in [0, 0.05) is 40.3 Å². The molecule has 1 fully saturated rings. The molecule has 0 radical (unpaired) electrons. The molecule has 2 amide bonds. The van der Waals surface area contributed by atoms with Gasteiger partial charge >= 0.3 is 6.03 Å². The maximum atomic E-state index is 12.2. The normalized spacial score (nSPS) is 18.2. The molecule has 128 valence electrons. The summed E-state index contributed by atoms with van der Waals surface area (Å²) in [7, 11) is -1.02. The predicted molar refractivity (Wildman–Crippen MR) is 93.0 cm³/mol. The van der Waals surface area contributed by atoms with E-state index in [4.69, 9.17) is 0 Å². The zero-order chi connectivity index (χ0) is 16.7. The quantitative estimate of drug-likeness (QED) is 0.746. The highest BCUT2D eigenvalue weighted by atomic mass is 32.2. The number of amides is 2. The highest BCUT2D eigenvalue weighted by Crippen LogP contribution is 2.27. The van der Waals surface area contributed by atoms with E-state index in [2.05, 4.69) is 10.6 Å².